The Kier molecular flexibility index (Phi) is 4.70. The van der Waals surface area contributed by atoms with Gasteiger partial charge in [-0.25, -0.2) is 14.6 Å². The monoisotopic (exact) mass is 365 g/mol. The standard InChI is InChI=1S/C19H23N7O/c1-3-15(14-7-5-4-6-8-14)19(27)26-11-9-25(10-12-26)18-16-17(20-13-21-18)24(2)23-22-16/h4-8,13,15H,3,9-12H2,1-2H3. The summed E-state index contributed by atoms with van der Waals surface area (Å²) in [5.74, 6) is 0.912. The minimum atomic E-state index is -0.0801. The van der Waals surface area contributed by atoms with Gasteiger partial charge in [0.2, 0.25) is 5.91 Å². The van der Waals surface area contributed by atoms with Crippen LogP contribution in [-0.2, 0) is 11.8 Å². The molecule has 1 fully saturated rings. The lowest BCUT2D eigenvalue weighted by Gasteiger charge is -2.37. The fraction of sp³-hybridized carbons (Fsp3) is 0.421. The lowest BCUT2D eigenvalue weighted by Crippen LogP contribution is -2.50. The number of anilines is 1. The lowest BCUT2D eigenvalue weighted by atomic mass is 9.95. The lowest BCUT2D eigenvalue weighted by molar-refractivity contribution is -0.133. The van der Waals surface area contributed by atoms with Crippen molar-refractivity contribution >= 4 is 22.9 Å². The molecule has 1 aromatic carbocycles. The molecule has 4 rings (SSSR count). The van der Waals surface area contributed by atoms with Gasteiger partial charge in [-0.3, -0.25) is 4.79 Å². The highest BCUT2D eigenvalue weighted by Gasteiger charge is 2.28. The summed E-state index contributed by atoms with van der Waals surface area (Å²) in [6.45, 7) is 4.86. The SMILES string of the molecule is CCC(C(=O)N1CCN(c2ncnc3c2nnn3C)CC1)c1ccccc1. The van der Waals surface area contributed by atoms with E-state index in [1.165, 1.54) is 0 Å². The Morgan fingerprint density at radius 3 is 2.56 bits per heavy atom. The van der Waals surface area contributed by atoms with Crippen LogP contribution in [0.2, 0.25) is 0 Å². The van der Waals surface area contributed by atoms with Gasteiger partial charge in [-0.2, -0.15) is 0 Å². The molecule has 0 spiro atoms. The van der Waals surface area contributed by atoms with Gasteiger partial charge >= 0.3 is 0 Å². The zero-order valence-electron chi connectivity index (χ0n) is 15.6. The number of carbonyl (C=O) groups is 1. The normalized spacial score (nSPS) is 15.9. The summed E-state index contributed by atoms with van der Waals surface area (Å²) in [4.78, 5) is 25.8. The second kappa shape index (κ2) is 7.30. The molecule has 27 heavy (non-hydrogen) atoms. The van der Waals surface area contributed by atoms with E-state index in [9.17, 15) is 4.79 Å². The third-order valence-corrected chi connectivity index (χ3v) is 5.17. The van der Waals surface area contributed by atoms with Crippen LogP contribution in [0.3, 0.4) is 0 Å². The summed E-state index contributed by atoms with van der Waals surface area (Å²) in [6, 6.07) is 10.0. The molecular formula is C19H23N7O. The Labute approximate surface area is 157 Å². The zero-order chi connectivity index (χ0) is 18.8. The van der Waals surface area contributed by atoms with Gasteiger partial charge in [0, 0.05) is 33.2 Å². The highest BCUT2D eigenvalue weighted by Crippen LogP contribution is 2.25. The van der Waals surface area contributed by atoms with Crippen LogP contribution in [0.25, 0.3) is 11.2 Å². The highest BCUT2D eigenvalue weighted by atomic mass is 16.2. The topological polar surface area (TPSA) is 80.0 Å². The molecule has 0 radical (unpaired) electrons. The third kappa shape index (κ3) is 3.22. The van der Waals surface area contributed by atoms with E-state index in [2.05, 4.69) is 32.1 Å². The van der Waals surface area contributed by atoms with Crippen LogP contribution in [-0.4, -0.2) is 61.9 Å². The van der Waals surface area contributed by atoms with Gasteiger partial charge in [0.15, 0.2) is 17.0 Å². The number of amides is 1. The predicted octanol–water partition coefficient (Wildman–Crippen LogP) is 1.60. The zero-order valence-corrected chi connectivity index (χ0v) is 15.6. The Morgan fingerprint density at radius 2 is 1.85 bits per heavy atom. The molecule has 0 N–H and O–H groups in total. The first kappa shape index (κ1) is 17.4. The summed E-state index contributed by atoms with van der Waals surface area (Å²) in [5.41, 5.74) is 2.51. The summed E-state index contributed by atoms with van der Waals surface area (Å²) in [7, 11) is 1.82. The van der Waals surface area contributed by atoms with Gasteiger partial charge in [0.05, 0.1) is 5.92 Å². The maximum absolute atomic E-state index is 13.0. The smallest absolute Gasteiger partial charge is 0.230 e. The van der Waals surface area contributed by atoms with Crippen molar-refractivity contribution < 1.29 is 4.79 Å². The summed E-state index contributed by atoms with van der Waals surface area (Å²) in [5, 5.41) is 8.23. The van der Waals surface area contributed by atoms with E-state index in [1.807, 2.05) is 42.3 Å². The first-order valence-corrected chi connectivity index (χ1v) is 9.28. The molecule has 0 saturated carbocycles. The van der Waals surface area contributed by atoms with Gasteiger partial charge < -0.3 is 9.80 Å². The van der Waals surface area contributed by atoms with Crippen molar-refractivity contribution in [2.24, 2.45) is 7.05 Å². The van der Waals surface area contributed by atoms with Crippen LogP contribution in [0, 0.1) is 0 Å². The number of carbonyl (C=O) groups excluding carboxylic acids is 1. The number of nitrogens with zero attached hydrogens (tertiary/aromatic N) is 7. The number of rotatable bonds is 4. The average molecular weight is 365 g/mol. The summed E-state index contributed by atoms with van der Waals surface area (Å²) in [6.07, 6.45) is 2.34. The number of aryl methyl sites for hydroxylation is 1. The maximum atomic E-state index is 13.0. The molecule has 0 aliphatic carbocycles. The van der Waals surface area contributed by atoms with Crippen LogP contribution < -0.4 is 4.90 Å². The Bertz CT molecular complexity index is 932. The van der Waals surface area contributed by atoms with Crippen LogP contribution in [0.5, 0.6) is 0 Å². The van der Waals surface area contributed by atoms with E-state index in [0.29, 0.717) is 24.3 Å². The number of hydrogen-bond donors (Lipinski definition) is 0. The maximum Gasteiger partial charge on any atom is 0.230 e. The molecule has 1 saturated heterocycles. The molecule has 8 nitrogen and oxygen atoms in total. The van der Waals surface area contributed by atoms with Crippen molar-refractivity contribution in [1.29, 1.82) is 0 Å². The largest absolute Gasteiger partial charge is 0.351 e. The van der Waals surface area contributed by atoms with E-state index in [1.54, 1.807) is 11.0 Å². The summed E-state index contributed by atoms with van der Waals surface area (Å²) >= 11 is 0. The molecule has 1 unspecified atom stereocenters. The fourth-order valence-electron chi connectivity index (χ4n) is 3.67. The number of hydrogen-bond acceptors (Lipinski definition) is 6. The number of fused-ring (bicyclic) bond motifs is 1. The van der Waals surface area contributed by atoms with Crippen molar-refractivity contribution in [2.45, 2.75) is 19.3 Å². The Balaban J connectivity index is 1.47. The third-order valence-electron chi connectivity index (χ3n) is 5.17. The second-order valence-corrected chi connectivity index (χ2v) is 6.77. The second-order valence-electron chi connectivity index (χ2n) is 6.77. The van der Waals surface area contributed by atoms with Crippen LogP contribution in [0.4, 0.5) is 5.82 Å². The molecule has 3 aromatic rings. The van der Waals surface area contributed by atoms with Gasteiger partial charge in [-0.05, 0) is 12.0 Å². The van der Waals surface area contributed by atoms with Crippen molar-refractivity contribution in [3.63, 3.8) is 0 Å². The number of piperazine rings is 1. The minimum absolute atomic E-state index is 0.0801. The number of benzene rings is 1. The van der Waals surface area contributed by atoms with E-state index < -0.39 is 0 Å². The van der Waals surface area contributed by atoms with E-state index in [4.69, 9.17) is 0 Å². The molecule has 2 aromatic heterocycles. The van der Waals surface area contributed by atoms with E-state index in [-0.39, 0.29) is 11.8 Å². The first-order valence-electron chi connectivity index (χ1n) is 9.28. The number of aromatic nitrogens is 5. The van der Waals surface area contributed by atoms with Gasteiger partial charge in [0.1, 0.15) is 6.33 Å². The molecule has 1 amide bonds. The highest BCUT2D eigenvalue weighted by molar-refractivity contribution is 5.85. The van der Waals surface area contributed by atoms with Crippen LogP contribution in [0.15, 0.2) is 36.7 Å². The summed E-state index contributed by atoms with van der Waals surface area (Å²) < 4.78 is 1.64. The van der Waals surface area contributed by atoms with E-state index >= 15 is 0 Å². The van der Waals surface area contributed by atoms with Crippen molar-refractivity contribution in [3.05, 3.63) is 42.2 Å². The van der Waals surface area contributed by atoms with Crippen molar-refractivity contribution in [3.8, 4) is 0 Å². The first-order chi connectivity index (χ1) is 13.2. The fourth-order valence-corrected chi connectivity index (χ4v) is 3.67. The van der Waals surface area contributed by atoms with Crippen LogP contribution >= 0.6 is 0 Å². The molecule has 0 bridgehead atoms. The Morgan fingerprint density at radius 1 is 1.11 bits per heavy atom. The van der Waals surface area contributed by atoms with E-state index in [0.717, 1.165) is 30.9 Å². The molecular weight excluding hydrogens is 342 g/mol. The van der Waals surface area contributed by atoms with Crippen molar-refractivity contribution in [1.82, 2.24) is 29.9 Å². The van der Waals surface area contributed by atoms with Crippen LogP contribution in [0.1, 0.15) is 24.8 Å². The molecule has 1 atom stereocenters. The molecule has 140 valence electrons. The molecule has 8 heteroatoms. The molecule has 1 aliphatic rings. The molecule has 1 aliphatic heterocycles. The minimum Gasteiger partial charge on any atom is -0.351 e. The Hall–Kier alpha value is -3.03. The van der Waals surface area contributed by atoms with Gasteiger partial charge in [-0.1, -0.05) is 42.5 Å². The average Bonchev–Trinajstić information content (AvgIpc) is 3.11. The quantitative estimate of drug-likeness (QED) is 0.699. The molecule has 3 heterocycles. The van der Waals surface area contributed by atoms with Crippen molar-refractivity contribution in [2.75, 3.05) is 31.1 Å². The van der Waals surface area contributed by atoms with Gasteiger partial charge in [-0.15, -0.1) is 5.10 Å². The van der Waals surface area contributed by atoms with Gasteiger partial charge in [0.25, 0.3) is 0 Å². The predicted molar refractivity (Wildman–Crippen MR) is 102 cm³/mol.